The van der Waals surface area contributed by atoms with Gasteiger partial charge in [0.15, 0.2) is 11.5 Å². The van der Waals surface area contributed by atoms with Crippen LogP contribution in [0.25, 0.3) is 17.0 Å². The lowest BCUT2D eigenvalue weighted by atomic mass is 10.2. The van der Waals surface area contributed by atoms with Gasteiger partial charge in [-0.15, -0.1) is 5.10 Å². The van der Waals surface area contributed by atoms with Gasteiger partial charge in [-0.1, -0.05) is 6.07 Å². The van der Waals surface area contributed by atoms with Crippen molar-refractivity contribution in [3.05, 3.63) is 42.2 Å². The molecule has 1 aliphatic heterocycles. The summed E-state index contributed by atoms with van der Waals surface area (Å²) in [5.74, 6) is 1.38. The Morgan fingerprint density at radius 1 is 1.28 bits per heavy atom. The molecule has 128 valence electrons. The van der Waals surface area contributed by atoms with Crippen LogP contribution < -0.4 is 5.32 Å². The molecule has 0 bridgehead atoms. The van der Waals surface area contributed by atoms with Crippen molar-refractivity contribution in [2.24, 2.45) is 0 Å². The zero-order chi connectivity index (χ0) is 17.4. The number of pyridine rings is 2. The number of carbonyl (C=O) groups is 1. The van der Waals surface area contributed by atoms with Crippen molar-refractivity contribution in [3.8, 4) is 11.4 Å². The van der Waals surface area contributed by atoms with Crippen molar-refractivity contribution in [1.29, 1.82) is 0 Å². The Labute approximate surface area is 144 Å². The number of anilines is 1. The van der Waals surface area contributed by atoms with Gasteiger partial charge in [0.1, 0.15) is 5.82 Å². The molecule has 3 aromatic heterocycles. The predicted molar refractivity (Wildman–Crippen MR) is 92.6 cm³/mol. The van der Waals surface area contributed by atoms with E-state index in [1.807, 2.05) is 43.5 Å². The summed E-state index contributed by atoms with van der Waals surface area (Å²) < 4.78 is 1.74. The fourth-order valence-electron chi connectivity index (χ4n) is 3.08. The number of hydrogen-bond donors (Lipinski definition) is 2. The molecule has 0 spiro atoms. The van der Waals surface area contributed by atoms with E-state index in [1.54, 1.807) is 4.52 Å². The van der Waals surface area contributed by atoms with Gasteiger partial charge < -0.3 is 15.3 Å². The summed E-state index contributed by atoms with van der Waals surface area (Å²) in [5.41, 5.74) is 2.50. The third-order valence-electron chi connectivity index (χ3n) is 4.38. The van der Waals surface area contributed by atoms with Crippen LogP contribution in [0.15, 0.2) is 36.5 Å². The van der Waals surface area contributed by atoms with E-state index >= 15 is 0 Å². The van der Waals surface area contributed by atoms with Crippen molar-refractivity contribution in [1.82, 2.24) is 24.5 Å². The monoisotopic (exact) mass is 338 g/mol. The van der Waals surface area contributed by atoms with Crippen LogP contribution in [0.1, 0.15) is 12.1 Å². The third kappa shape index (κ3) is 2.98. The number of hydrogen-bond acceptors (Lipinski definition) is 5. The SMILES string of the molecule is Cc1nc(N[C@H]2CCN(C(=O)O)C2)ccc1-c1nc2ccccn2n1. The first-order valence-corrected chi connectivity index (χ1v) is 8.14. The van der Waals surface area contributed by atoms with Gasteiger partial charge >= 0.3 is 6.09 Å². The Bertz CT molecular complexity index is 905. The first-order chi connectivity index (χ1) is 12.1. The highest BCUT2D eigenvalue weighted by molar-refractivity contribution is 5.66. The number of aromatic nitrogens is 4. The predicted octanol–water partition coefficient (Wildman–Crippen LogP) is 2.26. The molecule has 25 heavy (non-hydrogen) atoms. The van der Waals surface area contributed by atoms with Crippen LogP contribution in [0.5, 0.6) is 0 Å². The molecule has 2 N–H and O–H groups in total. The second kappa shape index (κ2) is 6.04. The fraction of sp³-hybridized carbons (Fsp3) is 0.294. The molecular weight excluding hydrogens is 320 g/mol. The van der Waals surface area contributed by atoms with Gasteiger partial charge in [-0.3, -0.25) is 0 Å². The highest BCUT2D eigenvalue weighted by Crippen LogP contribution is 2.22. The highest BCUT2D eigenvalue weighted by Gasteiger charge is 2.26. The maximum atomic E-state index is 11.0. The first-order valence-electron chi connectivity index (χ1n) is 8.14. The third-order valence-corrected chi connectivity index (χ3v) is 4.38. The number of rotatable bonds is 3. The summed E-state index contributed by atoms with van der Waals surface area (Å²) >= 11 is 0. The molecular formula is C17H18N6O2. The Morgan fingerprint density at radius 3 is 2.88 bits per heavy atom. The number of amides is 1. The molecule has 1 aliphatic rings. The molecule has 0 aromatic carbocycles. The molecule has 8 heteroatoms. The second-order valence-corrected chi connectivity index (χ2v) is 6.13. The van der Waals surface area contributed by atoms with E-state index in [0.717, 1.165) is 29.1 Å². The molecule has 0 unspecified atom stereocenters. The summed E-state index contributed by atoms with van der Waals surface area (Å²) in [6.07, 6.45) is 1.77. The lowest BCUT2D eigenvalue weighted by Crippen LogP contribution is -2.30. The first kappa shape index (κ1) is 15.4. The molecule has 1 saturated heterocycles. The van der Waals surface area contributed by atoms with Crippen LogP contribution in [0.4, 0.5) is 10.6 Å². The van der Waals surface area contributed by atoms with Crippen molar-refractivity contribution in [2.45, 2.75) is 19.4 Å². The van der Waals surface area contributed by atoms with Crippen molar-refractivity contribution < 1.29 is 9.90 Å². The lowest BCUT2D eigenvalue weighted by Gasteiger charge is -2.15. The van der Waals surface area contributed by atoms with Crippen LogP contribution in [0, 0.1) is 6.92 Å². The van der Waals surface area contributed by atoms with Gasteiger partial charge in [-0.2, -0.15) is 0 Å². The molecule has 1 amide bonds. The Kier molecular flexibility index (Phi) is 3.72. The van der Waals surface area contributed by atoms with Crippen LogP contribution in [0.2, 0.25) is 0 Å². The summed E-state index contributed by atoms with van der Waals surface area (Å²) in [5, 5.41) is 16.8. The minimum Gasteiger partial charge on any atom is -0.465 e. The Balaban J connectivity index is 1.54. The average Bonchev–Trinajstić information content (AvgIpc) is 3.21. The molecule has 4 rings (SSSR count). The molecule has 0 saturated carbocycles. The molecule has 4 heterocycles. The Hall–Kier alpha value is -3.16. The standard InChI is InChI=1S/C17H18N6O2/c1-11-13(16-20-15-4-2-3-8-23(15)21-16)5-6-14(18-11)19-12-7-9-22(10-12)17(24)25/h2-6,8,12H,7,9-10H2,1H3,(H,18,19)(H,24,25)/t12-/m0/s1. The van der Waals surface area contributed by atoms with Gasteiger partial charge in [-0.25, -0.2) is 19.3 Å². The number of nitrogens with zero attached hydrogens (tertiary/aromatic N) is 5. The van der Waals surface area contributed by atoms with E-state index in [9.17, 15) is 4.79 Å². The normalized spacial score (nSPS) is 17.2. The zero-order valence-corrected chi connectivity index (χ0v) is 13.8. The van der Waals surface area contributed by atoms with E-state index in [1.165, 1.54) is 4.90 Å². The van der Waals surface area contributed by atoms with Crippen molar-refractivity contribution in [3.63, 3.8) is 0 Å². The summed E-state index contributed by atoms with van der Waals surface area (Å²) in [6, 6.07) is 9.66. The van der Waals surface area contributed by atoms with E-state index in [4.69, 9.17) is 5.11 Å². The molecule has 3 aromatic rings. The smallest absolute Gasteiger partial charge is 0.407 e. The quantitative estimate of drug-likeness (QED) is 0.760. The van der Waals surface area contributed by atoms with Crippen molar-refractivity contribution >= 4 is 17.6 Å². The number of carboxylic acid groups (broad SMARTS) is 1. The van der Waals surface area contributed by atoms with Gasteiger partial charge in [-0.05, 0) is 37.6 Å². The van der Waals surface area contributed by atoms with Gasteiger partial charge in [0.2, 0.25) is 0 Å². The molecule has 1 fully saturated rings. The van der Waals surface area contributed by atoms with Crippen molar-refractivity contribution in [2.75, 3.05) is 18.4 Å². The topological polar surface area (TPSA) is 95.7 Å². The van der Waals surface area contributed by atoms with Crippen LogP contribution in [0.3, 0.4) is 0 Å². The highest BCUT2D eigenvalue weighted by atomic mass is 16.4. The summed E-state index contributed by atoms with van der Waals surface area (Å²) in [4.78, 5) is 21.5. The average molecular weight is 338 g/mol. The zero-order valence-electron chi connectivity index (χ0n) is 13.8. The van der Waals surface area contributed by atoms with Crippen LogP contribution in [-0.2, 0) is 0 Å². The molecule has 0 aliphatic carbocycles. The number of aryl methyl sites for hydroxylation is 1. The number of nitrogens with one attached hydrogen (secondary N) is 1. The van der Waals surface area contributed by atoms with Crippen LogP contribution in [-0.4, -0.2) is 54.8 Å². The Morgan fingerprint density at radius 2 is 2.16 bits per heavy atom. The maximum absolute atomic E-state index is 11.0. The minimum atomic E-state index is -0.873. The second-order valence-electron chi connectivity index (χ2n) is 6.13. The van der Waals surface area contributed by atoms with Crippen LogP contribution >= 0.6 is 0 Å². The number of likely N-dealkylation sites (tertiary alicyclic amines) is 1. The maximum Gasteiger partial charge on any atom is 0.407 e. The minimum absolute atomic E-state index is 0.0853. The van der Waals surface area contributed by atoms with Gasteiger partial charge in [0, 0.05) is 30.9 Å². The van der Waals surface area contributed by atoms with E-state index < -0.39 is 6.09 Å². The fourth-order valence-corrected chi connectivity index (χ4v) is 3.08. The van der Waals surface area contributed by atoms with Gasteiger partial charge in [0.05, 0.1) is 5.69 Å². The molecule has 1 atom stereocenters. The van der Waals surface area contributed by atoms with E-state index in [0.29, 0.717) is 18.9 Å². The van der Waals surface area contributed by atoms with E-state index in [-0.39, 0.29) is 6.04 Å². The summed E-state index contributed by atoms with van der Waals surface area (Å²) in [6.45, 7) is 2.95. The van der Waals surface area contributed by atoms with Gasteiger partial charge in [0.25, 0.3) is 0 Å². The lowest BCUT2D eigenvalue weighted by molar-refractivity contribution is 0.155. The summed E-state index contributed by atoms with van der Waals surface area (Å²) in [7, 11) is 0. The molecule has 0 radical (unpaired) electrons. The largest absolute Gasteiger partial charge is 0.465 e. The van der Waals surface area contributed by atoms with E-state index in [2.05, 4.69) is 20.4 Å². The number of fused-ring (bicyclic) bond motifs is 1. The molecule has 8 nitrogen and oxygen atoms in total.